The topological polar surface area (TPSA) is 26.0 Å². The van der Waals surface area contributed by atoms with Crippen LogP contribution in [0.2, 0.25) is 0 Å². The maximum Gasteiger partial charge on any atom is 0.147 e. The van der Waals surface area contributed by atoms with E-state index in [4.69, 9.17) is 5.73 Å². The fourth-order valence-corrected chi connectivity index (χ4v) is 5.90. The fourth-order valence-electron chi connectivity index (χ4n) is 3.44. The zero-order valence-corrected chi connectivity index (χ0v) is 19.2. The molecular formula is C26H23F2NS2. The summed E-state index contributed by atoms with van der Waals surface area (Å²) in [4.78, 5) is 2.48. The lowest BCUT2D eigenvalue weighted by Crippen LogP contribution is -1.95. The molecule has 2 N–H and O–H groups in total. The molecule has 2 aromatic heterocycles. The Balaban J connectivity index is 1.54. The molecule has 1 nitrogen and oxygen atoms in total. The number of rotatable bonds is 5. The van der Waals surface area contributed by atoms with Gasteiger partial charge in [-0.1, -0.05) is 37.7 Å². The summed E-state index contributed by atoms with van der Waals surface area (Å²) in [7, 11) is 0. The number of halogens is 2. The largest absolute Gasteiger partial charge is 0.396 e. The maximum atomic E-state index is 14.7. The molecule has 0 bridgehead atoms. The highest BCUT2D eigenvalue weighted by Crippen LogP contribution is 2.39. The molecule has 158 valence electrons. The SMILES string of the molecule is CCCCCc1cc2sc(-c3ccc(C#Cc4cc(C)c(N)c(F)c4)c(F)c3)cc2s1. The number of nitrogen functional groups attached to an aromatic ring is 1. The van der Waals surface area contributed by atoms with Gasteiger partial charge in [-0.3, -0.25) is 0 Å². The van der Waals surface area contributed by atoms with Crippen LogP contribution in [0, 0.1) is 30.4 Å². The third kappa shape index (κ3) is 4.81. The molecule has 0 saturated carbocycles. The van der Waals surface area contributed by atoms with E-state index in [2.05, 4.69) is 30.9 Å². The maximum absolute atomic E-state index is 14.7. The second-order valence-electron chi connectivity index (χ2n) is 7.64. The average Bonchev–Trinajstić information content (AvgIpc) is 3.30. The first-order valence-electron chi connectivity index (χ1n) is 10.3. The van der Waals surface area contributed by atoms with Crippen molar-refractivity contribution >= 4 is 37.8 Å². The summed E-state index contributed by atoms with van der Waals surface area (Å²) >= 11 is 3.53. The minimum absolute atomic E-state index is 0.116. The van der Waals surface area contributed by atoms with Crippen LogP contribution in [0.15, 0.2) is 42.5 Å². The van der Waals surface area contributed by atoms with E-state index >= 15 is 0 Å². The number of hydrogen-bond donors (Lipinski definition) is 1. The Kier molecular flexibility index (Phi) is 6.41. The summed E-state index contributed by atoms with van der Waals surface area (Å²) in [5, 5.41) is 0. The fraction of sp³-hybridized carbons (Fsp3) is 0.231. The van der Waals surface area contributed by atoms with Gasteiger partial charge in [-0.2, -0.15) is 0 Å². The van der Waals surface area contributed by atoms with Gasteiger partial charge in [0.1, 0.15) is 11.6 Å². The molecule has 0 aliphatic heterocycles. The second kappa shape index (κ2) is 9.21. The summed E-state index contributed by atoms with van der Waals surface area (Å²) in [6, 6.07) is 12.5. The predicted molar refractivity (Wildman–Crippen MR) is 130 cm³/mol. The first-order valence-corrected chi connectivity index (χ1v) is 12.0. The van der Waals surface area contributed by atoms with Gasteiger partial charge in [0.05, 0.1) is 11.3 Å². The van der Waals surface area contributed by atoms with Crippen molar-refractivity contribution in [2.24, 2.45) is 0 Å². The van der Waals surface area contributed by atoms with Crippen molar-refractivity contribution in [2.75, 3.05) is 5.73 Å². The number of thiophene rings is 2. The third-order valence-corrected chi connectivity index (χ3v) is 7.62. The van der Waals surface area contributed by atoms with Gasteiger partial charge in [0.15, 0.2) is 0 Å². The first kappa shape index (κ1) is 21.5. The van der Waals surface area contributed by atoms with Crippen LogP contribution in [0.3, 0.4) is 0 Å². The molecule has 31 heavy (non-hydrogen) atoms. The van der Waals surface area contributed by atoms with E-state index in [9.17, 15) is 8.78 Å². The van der Waals surface area contributed by atoms with Crippen molar-refractivity contribution in [1.29, 1.82) is 0 Å². The lowest BCUT2D eigenvalue weighted by molar-refractivity contribution is 0.625. The molecule has 2 aromatic carbocycles. The molecular weight excluding hydrogens is 428 g/mol. The Morgan fingerprint density at radius 3 is 2.42 bits per heavy atom. The van der Waals surface area contributed by atoms with Gasteiger partial charge in [0.2, 0.25) is 0 Å². The van der Waals surface area contributed by atoms with Crippen molar-refractivity contribution in [3.63, 3.8) is 0 Å². The molecule has 0 atom stereocenters. The molecule has 0 aliphatic carbocycles. The molecule has 5 heteroatoms. The van der Waals surface area contributed by atoms with Gasteiger partial charge in [-0.15, -0.1) is 22.7 Å². The van der Waals surface area contributed by atoms with Gasteiger partial charge in [-0.05, 0) is 67.3 Å². The highest BCUT2D eigenvalue weighted by Gasteiger charge is 2.11. The minimum Gasteiger partial charge on any atom is -0.396 e. The molecule has 0 aliphatic rings. The monoisotopic (exact) mass is 451 g/mol. The number of anilines is 1. The smallest absolute Gasteiger partial charge is 0.147 e. The Morgan fingerprint density at radius 1 is 0.903 bits per heavy atom. The van der Waals surface area contributed by atoms with Crippen molar-refractivity contribution in [1.82, 2.24) is 0 Å². The zero-order chi connectivity index (χ0) is 22.0. The number of benzene rings is 2. The Labute approximate surface area is 189 Å². The summed E-state index contributed by atoms with van der Waals surface area (Å²) in [6.45, 7) is 3.94. The molecule has 0 saturated heterocycles. The van der Waals surface area contributed by atoms with Gasteiger partial charge >= 0.3 is 0 Å². The second-order valence-corrected chi connectivity index (χ2v) is 9.89. The van der Waals surface area contributed by atoms with E-state index in [0.29, 0.717) is 11.1 Å². The first-order chi connectivity index (χ1) is 14.9. The van der Waals surface area contributed by atoms with Crippen LogP contribution < -0.4 is 5.73 Å². The van der Waals surface area contributed by atoms with Gasteiger partial charge in [-0.25, -0.2) is 8.78 Å². The predicted octanol–water partition coefficient (Wildman–Crippen LogP) is 7.93. The normalized spacial score (nSPS) is 11.0. The van der Waals surface area contributed by atoms with E-state index in [1.54, 1.807) is 30.4 Å². The lowest BCUT2D eigenvalue weighted by atomic mass is 10.1. The summed E-state index contributed by atoms with van der Waals surface area (Å²) < 4.78 is 31.0. The molecule has 0 spiro atoms. The van der Waals surface area contributed by atoms with Gasteiger partial charge < -0.3 is 5.73 Å². The number of fused-ring (bicyclic) bond motifs is 1. The number of nitrogens with two attached hydrogens (primary N) is 1. The zero-order valence-electron chi connectivity index (χ0n) is 17.5. The Bertz CT molecular complexity index is 1250. The number of hydrogen-bond acceptors (Lipinski definition) is 3. The lowest BCUT2D eigenvalue weighted by Gasteiger charge is -2.02. The van der Waals surface area contributed by atoms with Gasteiger partial charge in [0, 0.05) is 24.7 Å². The molecule has 2 heterocycles. The van der Waals surface area contributed by atoms with Crippen LogP contribution in [-0.4, -0.2) is 0 Å². The van der Waals surface area contributed by atoms with Gasteiger partial charge in [0.25, 0.3) is 0 Å². The molecule has 4 aromatic rings. The molecule has 0 radical (unpaired) electrons. The van der Waals surface area contributed by atoms with Crippen LogP contribution >= 0.6 is 22.7 Å². The molecule has 0 amide bonds. The van der Waals surface area contributed by atoms with Crippen LogP contribution in [0.4, 0.5) is 14.5 Å². The highest BCUT2D eigenvalue weighted by molar-refractivity contribution is 7.29. The highest BCUT2D eigenvalue weighted by atomic mass is 32.1. The number of unbranched alkanes of at least 4 members (excludes halogenated alkanes) is 2. The van der Waals surface area contributed by atoms with E-state index < -0.39 is 5.82 Å². The van der Waals surface area contributed by atoms with Crippen molar-refractivity contribution in [3.8, 4) is 22.3 Å². The van der Waals surface area contributed by atoms with E-state index in [1.807, 2.05) is 17.4 Å². The Hall–Kier alpha value is -2.68. The van der Waals surface area contributed by atoms with E-state index in [0.717, 1.165) is 16.9 Å². The number of aryl methyl sites for hydroxylation is 2. The minimum atomic E-state index is -0.508. The van der Waals surface area contributed by atoms with Crippen molar-refractivity contribution in [3.05, 3.63) is 75.7 Å². The van der Waals surface area contributed by atoms with E-state index in [1.165, 1.54) is 45.7 Å². The van der Waals surface area contributed by atoms with Crippen LogP contribution in [-0.2, 0) is 6.42 Å². The van der Waals surface area contributed by atoms with Crippen molar-refractivity contribution < 1.29 is 8.78 Å². The standard InChI is InChI=1S/C26H23F2NS2/c1-3-4-5-6-20-14-24-25(30-20)15-23(31-24)19-10-9-18(21(27)13-19)8-7-17-11-16(2)26(29)22(28)12-17/h9-15H,3-6,29H2,1-2H3. The average molecular weight is 452 g/mol. The molecule has 4 rings (SSSR count). The van der Waals surface area contributed by atoms with Crippen LogP contribution in [0.25, 0.3) is 19.8 Å². The summed E-state index contributed by atoms with van der Waals surface area (Å²) in [5.41, 5.74) is 7.97. The summed E-state index contributed by atoms with van der Waals surface area (Å²) in [5.74, 6) is 4.75. The third-order valence-electron chi connectivity index (χ3n) is 5.22. The molecule has 0 fully saturated rings. The quantitative estimate of drug-likeness (QED) is 0.186. The Morgan fingerprint density at radius 2 is 1.71 bits per heavy atom. The molecule has 0 unspecified atom stereocenters. The van der Waals surface area contributed by atoms with Crippen molar-refractivity contribution in [2.45, 2.75) is 39.5 Å². The van der Waals surface area contributed by atoms with E-state index in [-0.39, 0.29) is 17.1 Å². The van der Waals surface area contributed by atoms with Crippen LogP contribution in [0.5, 0.6) is 0 Å². The van der Waals surface area contributed by atoms with Crippen LogP contribution in [0.1, 0.15) is 47.8 Å². The summed E-state index contributed by atoms with van der Waals surface area (Å²) in [6.07, 6.45) is 4.85.